The summed E-state index contributed by atoms with van der Waals surface area (Å²) in [7, 11) is 1.49. The van der Waals surface area contributed by atoms with Crippen molar-refractivity contribution in [1.29, 1.82) is 0 Å². The number of carbonyl (C=O) groups is 2. The van der Waals surface area contributed by atoms with Gasteiger partial charge in [-0.15, -0.1) is 5.10 Å². The van der Waals surface area contributed by atoms with Gasteiger partial charge in [0, 0.05) is 5.56 Å². The number of H-pyrrole nitrogens is 1. The van der Waals surface area contributed by atoms with E-state index in [-0.39, 0.29) is 18.2 Å². The normalized spacial score (nSPS) is 12.7. The fraction of sp³-hybridized carbons (Fsp3) is 0.250. The number of carbonyl (C=O) groups excluding carboxylic acids is 1. The summed E-state index contributed by atoms with van der Waals surface area (Å²) < 4.78 is 19.1. The second-order valence-electron chi connectivity index (χ2n) is 6.75. The van der Waals surface area contributed by atoms with Crippen molar-refractivity contribution < 1.29 is 23.8 Å². The lowest BCUT2D eigenvalue weighted by atomic mass is 9.98. The summed E-state index contributed by atoms with van der Waals surface area (Å²) in [4.78, 5) is 24.0. The van der Waals surface area contributed by atoms with Crippen molar-refractivity contribution in [3.05, 3.63) is 53.8 Å². The van der Waals surface area contributed by atoms with Gasteiger partial charge in [-0.05, 0) is 47.9 Å². The number of nitrogens with zero attached hydrogens (tertiary/aromatic N) is 3. The van der Waals surface area contributed by atoms with Crippen LogP contribution in [0.1, 0.15) is 12.5 Å². The molecule has 10 nitrogen and oxygen atoms in total. The van der Waals surface area contributed by atoms with Crippen LogP contribution in [0.15, 0.2) is 42.5 Å². The third-order valence-electron chi connectivity index (χ3n) is 4.56. The number of carboxylic acids is 1. The van der Waals surface area contributed by atoms with Crippen LogP contribution in [0.4, 0.5) is 10.3 Å². The highest BCUT2D eigenvalue weighted by atomic mass is 19.1. The van der Waals surface area contributed by atoms with Crippen molar-refractivity contribution in [3.8, 4) is 16.9 Å². The Morgan fingerprint density at radius 1 is 1.26 bits per heavy atom. The van der Waals surface area contributed by atoms with Gasteiger partial charge in [-0.25, -0.2) is 4.39 Å². The van der Waals surface area contributed by atoms with Crippen LogP contribution in [0.3, 0.4) is 0 Å². The zero-order valence-corrected chi connectivity index (χ0v) is 16.8. The van der Waals surface area contributed by atoms with Crippen LogP contribution in [-0.4, -0.2) is 56.8 Å². The second-order valence-corrected chi connectivity index (χ2v) is 6.75. The molecule has 0 bridgehead atoms. The molecular formula is C20H21FN6O4. The quantitative estimate of drug-likeness (QED) is 0.403. The van der Waals surface area contributed by atoms with E-state index in [0.29, 0.717) is 22.4 Å². The van der Waals surface area contributed by atoms with E-state index >= 15 is 0 Å². The molecule has 11 heteroatoms. The van der Waals surface area contributed by atoms with Crippen molar-refractivity contribution in [2.24, 2.45) is 0 Å². The Bertz CT molecular complexity index is 1060. The Labute approximate surface area is 176 Å². The topological polar surface area (TPSA) is 142 Å². The molecule has 162 valence electrons. The van der Waals surface area contributed by atoms with Crippen LogP contribution in [0.25, 0.3) is 11.1 Å². The van der Waals surface area contributed by atoms with E-state index < -0.39 is 24.0 Å². The summed E-state index contributed by atoms with van der Waals surface area (Å²) in [5.74, 6) is -1.53. The van der Waals surface area contributed by atoms with Gasteiger partial charge in [-0.3, -0.25) is 20.2 Å². The number of aromatic nitrogens is 4. The Morgan fingerprint density at radius 2 is 2.06 bits per heavy atom. The summed E-state index contributed by atoms with van der Waals surface area (Å²) in [6, 6.07) is 9.49. The molecule has 0 spiro atoms. The molecule has 1 amide bonds. The Kier molecular flexibility index (Phi) is 6.88. The third kappa shape index (κ3) is 5.60. The maximum Gasteiger partial charge on any atom is 0.320 e. The highest BCUT2D eigenvalue weighted by Gasteiger charge is 2.25. The number of benzene rings is 2. The van der Waals surface area contributed by atoms with Crippen LogP contribution in [0.2, 0.25) is 0 Å². The minimum absolute atomic E-state index is 0.0289. The number of halogens is 1. The minimum atomic E-state index is -1.10. The van der Waals surface area contributed by atoms with Gasteiger partial charge in [0.2, 0.25) is 5.91 Å². The number of hydrogen-bond acceptors (Lipinski definition) is 7. The van der Waals surface area contributed by atoms with Gasteiger partial charge < -0.3 is 9.84 Å². The van der Waals surface area contributed by atoms with Crippen molar-refractivity contribution in [2.75, 3.05) is 12.4 Å². The first-order valence-electron chi connectivity index (χ1n) is 9.33. The van der Waals surface area contributed by atoms with Gasteiger partial charge >= 0.3 is 5.97 Å². The number of methoxy groups -OCH3 is 1. The second kappa shape index (κ2) is 9.76. The summed E-state index contributed by atoms with van der Waals surface area (Å²) in [5, 5.41) is 27.4. The molecule has 1 aromatic heterocycles. The van der Waals surface area contributed by atoms with Crippen molar-refractivity contribution in [3.63, 3.8) is 0 Å². The maximum absolute atomic E-state index is 13.6. The molecule has 2 aromatic carbocycles. The Balaban J connectivity index is 1.85. The van der Waals surface area contributed by atoms with Gasteiger partial charge in [-0.2, -0.15) is 5.21 Å². The zero-order valence-electron chi connectivity index (χ0n) is 16.8. The average Bonchev–Trinajstić information content (AvgIpc) is 3.26. The van der Waals surface area contributed by atoms with Crippen LogP contribution < -0.4 is 15.4 Å². The summed E-state index contributed by atoms with van der Waals surface area (Å²) >= 11 is 0. The van der Waals surface area contributed by atoms with E-state index in [1.165, 1.54) is 26.2 Å². The number of ether oxygens (including phenoxy) is 1. The maximum atomic E-state index is 13.6. The monoisotopic (exact) mass is 428 g/mol. The molecule has 0 fully saturated rings. The summed E-state index contributed by atoms with van der Waals surface area (Å²) in [5.41, 5.74) is 2.04. The van der Waals surface area contributed by atoms with Gasteiger partial charge in [-0.1, -0.05) is 29.4 Å². The van der Waals surface area contributed by atoms with E-state index in [2.05, 4.69) is 31.3 Å². The fourth-order valence-electron chi connectivity index (χ4n) is 3.01. The first kappa shape index (κ1) is 21.8. The number of hydrogen-bond donors (Lipinski definition) is 4. The minimum Gasteiger partial charge on any atom is -0.496 e. The number of amides is 1. The Morgan fingerprint density at radius 3 is 2.71 bits per heavy atom. The lowest BCUT2D eigenvalue weighted by Gasteiger charge is -2.21. The van der Waals surface area contributed by atoms with E-state index in [4.69, 9.17) is 4.74 Å². The van der Waals surface area contributed by atoms with Gasteiger partial charge in [0.1, 0.15) is 17.6 Å². The van der Waals surface area contributed by atoms with Crippen molar-refractivity contribution in [1.82, 2.24) is 25.9 Å². The largest absolute Gasteiger partial charge is 0.496 e. The summed E-state index contributed by atoms with van der Waals surface area (Å²) in [6.07, 6.45) is 0.154. The first-order chi connectivity index (χ1) is 14.9. The number of anilines is 1. The SMILES string of the molecule is COc1cc(C[C@H](NC(C)C(=O)O)C(=O)Nc2nn[nH]n2)ccc1-c1cccc(F)c1. The van der Waals surface area contributed by atoms with Gasteiger partial charge in [0.25, 0.3) is 5.95 Å². The molecule has 1 heterocycles. The number of carboxylic acid groups (broad SMARTS) is 1. The lowest BCUT2D eigenvalue weighted by Crippen LogP contribution is -2.49. The molecule has 0 saturated heterocycles. The molecule has 31 heavy (non-hydrogen) atoms. The molecule has 0 aliphatic heterocycles. The lowest BCUT2D eigenvalue weighted by molar-refractivity contribution is -0.139. The predicted octanol–water partition coefficient (Wildman–Crippen LogP) is 1.63. The van der Waals surface area contributed by atoms with Crippen LogP contribution >= 0.6 is 0 Å². The molecule has 3 aromatic rings. The van der Waals surface area contributed by atoms with Crippen molar-refractivity contribution in [2.45, 2.75) is 25.4 Å². The molecule has 1 unspecified atom stereocenters. The molecular weight excluding hydrogens is 407 g/mol. The zero-order chi connectivity index (χ0) is 22.4. The van der Waals surface area contributed by atoms with E-state index in [1.807, 2.05) is 0 Å². The molecule has 2 atom stereocenters. The molecule has 0 aliphatic carbocycles. The molecule has 4 N–H and O–H groups in total. The molecule has 0 radical (unpaired) electrons. The first-order valence-corrected chi connectivity index (χ1v) is 9.33. The molecule has 0 saturated carbocycles. The van der Waals surface area contributed by atoms with E-state index in [9.17, 15) is 19.1 Å². The molecule has 0 aliphatic rings. The fourth-order valence-corrected chi connectivity index (χ4v) is 3.01. The smallest absolute Gasteiger partial charge is 0.320 e. The number of rotatable bonds is 9. The van der Waals surface area contributed by atoms with Crippen LogP contribution in [-0.2, 0) is 16.0 Å². The molecule has 3 rings (SSSR count). The number of aromatic amines is 1. The number of tetrazole rings is 1. The van der Waals surface area contributed by atoms with Crippen LogP contribution in [0, 0.1) is 5.82 Å². The van der Waals surface area contributed by atoms with Gasteiger partial charge in [0.15, 0.2) is 0 Å². The Hall–Kier alpha value is -3.86. The average molecular weight is 428 g/mol. The van der Waals surface area contributed by atoms with E-state index in [1.54, 1.807) is 30.3 Å². The third-order valence-corrected chi connectivity index (χ3v) is 4.56. The van der Waals surface area contributed by atoms with Crippen LogP contribution in [0.5, 0.6) is 5.75 Å². The summed E-state index contributed by atoms with van der Waals surface area (Å²) in [6.45, 7) is 1.44. The number of aliphatic carboxylic acids is 1. The van der Waals surface area contributed by atoms with Gasteiger partial charge in [0.05, 0.1) is 13.2 Å². The van der Waals surface area contributed by atoms with Crippen molar-refractivity contribution >= 4 is 17.8 Å². The highest BCUT2D eigenvalue weighted by Crippen LogP contribution is 2.31. The predicted molar refractivity (Wildman–Crippen MR) is 109 cm³/mol. The highest BCUT2D eigenvalue weighted by molar-refractivity contribution is 5.94. The van der Waals surface area contributed by atoms with E-state index in [0.717, 1.165) is 0 Å². The standard InChI is InChI=1S/C20H21FN6O4/c1-11(19(29)30)22-16(18(28)23-20-24-26-27-25-20)8-12-6-7-15(17(9-12)31-2)13-4-3-5-14(21)10-13/h3-7,9-11,16,22H,8H2,1-2H3,(H,29,30)(H2,23,24,25,26,27,28)/t11?,16-/m0/s1. The number of nitrogens with one attached hydrogen (secondary N) is 3.